The van der Waals surface area contributed by atoms with Crippen molar-refractivity contribution in [1.29, 1.82) is 0 Å². The van der Waals surface area contributed by atoms with E-state index in [2.05, 4.69) is 10.3 Å². The van der Waals surface area contributed by atoms with Crippen LogP contribution < -0.4 is 10.2 Å². The van der Waals surface area contributed by atoms with E-state index in [1.54, 1.807) is 6.20 Å². The Morgan fingerprint density at radius 3 is 2.45 bits per heavy atom. The van der Waals surface area contributed by atoms with Gasteiger partial charge >= 0.3 is 0 Å². The normalized spacial score (nSPS) is 12.9. The number of rotatable bonds is 9. The van der Waals surface area contributed by atoms with E-state index in [4.69, 9.17) is 0 Å². The van der Waals surface area contributed by atoms with E-state index in [0.717, 1.165) is 35.3 Å². The Morgan fingerprint density at radius 1 is 0.935 bits per heavy atom. The van der Waals surface area contributed by atoms with Crippen molar-refractivity contribution in [3.63, 3.8) is 0 Å². The highest BCUT2D eigenvalue weighted by Gasteiger charge is 2.34. The van der Waals surface area contributed by atoms with Crippen LogP contribution in [-0.2, 0) is 29.0 Å². The molecule has 1 aromatic heterocycles. The smallest absolute Gasteiger partial charge is 0.230 e. The fraction of sp³-hybridized carbons (Fsp3) is 0.269. The van der Waals surface area contributed by atoms with E-state index in [1.165, 1.54) is 0 Å². The summed E-state index contributed by atoms with van der Waals surface area (Å²) < 4.78 is 0. The lowest BCUT2D eigenvalue weighted by molar-refractivity contribution is -0.120. The third-order valence-electron chi connectivity index (χ3n) is 5.39. The second-order valence-electron chi connectivity index (χ2n) is 7.95. The third kappa shape index (κ3) is 6.01. The van der Waals surface area contributed by atoms with Gasteiger partial charge in [-0.05, 0) is 48.2 Å². The van der Waals surface area contributed by atoms with Crippen LogP contribution in [0.2, 0.25) is 0 Å². The van der Waals surface area contributed by atoms with Gasteiger partial charge in [0.2, 0.25) is 11.8 Å². The molecule has 5 nitrogen and oxygen atoms in total. The molecule has 31 heavy (non-hydrogen) atoms. The summed E-state index contributed by atoms with van der Waals surface area (Å²) in [4.78, 5) is 31.5. The van der Waals surface area contributed by atoms with Crippen LogP contribution in [0.15, 0.2) is 79.0 Å². The maximum atomic E-state index is 13.0. The fourth-order valence-corrected chi connectivity index (χ4v) is 3.57. The molecule has 1 aliphatic carbocycles. The zero-order chi connectivity index (χ0) is 21.5. The summed E-state index contributed by atoms with van der Waals surface area (Å²) in [6.07, 6.45) is 4.66. The molecular formula is C26H27N3O2. The SMILES string of the molecule is O=C(Cc1cccc(N(Cc2ccccc2)C(=O)C2CC2)c1)NCCc1ccccn1. The van der Waals surface area contributed by atoms with Crippen molar-refractivity contribution < 1.29 is 9.59 Å². The summed E-state index contributed by atoms with van der Waals surface area (Å²) in [6, 6.07) is 23.6. The van der Waals surface area contributed by atoms with E-state index in [9.17, 15) is 9.59 Å². The number of hydrogen-bond acceptors (Lipinski definition) is 3. The van der Waals surface area contributed by atoms with Crippen molar-refractivity contribution in [3.05, 3.63) is 95.8 Å². The fourth-order valence-electron chi connectivity index (χ4n) is 3.57. The molecule has 0 unspecified atom stereocenters. The first-order valence-corrected chi connectivity index (χ1v) is 10.8. The van der Waals surface area contributed by atoms with Crippen molar-refractivity contribution in [2.24, 2.45) is 5.92 Å². The average Bonchev–Trinajstić information content (AvgIpc) is 3.64. The monoisotopic (exact) mass is 413 g/mol. The number of pyridine rings is 1. The molecule has 158 valence electrons. The highest BCUT2D eigenvalue weighted by atomic mass is 16.2. The number of amides is 2. The minimum atomic E-state index is -0.0313. The Kier molecular flexibility index (Phi) is 6.72. The number of benzene rings is 2. The van der Waals surface area contributed by atoms with Gasteiger partial charge in [-0.15, -0.1) is 0 Å². The van der Waals surface area contributed by atoms with Gasteiger partial charge in [-0.3, -0.25) is 14.6 Å². The summed E-state index contributed by atoms with van der Waals surface area (Å²) in [5.74, 6) is 0.263. The highest BCUT2D eigenvalue weighted by Crippen LogP contribution is 2.33. The Hall–Kier alpha value is -3.47. The van der Waals surface area contributed by atoms with E-state index in [1.807, 2.05) is 77.7 Å². The highest BCUT2D eigenvalue weighted by molar-refractivity contribution is 5.96. The van der Waals surface area contributed by atoms with Crippen LogP contribution in [0.4, 0.5) is 5.69 Å². The maximum absolute atomic E-state index is 13.0. The number of anilines is 1. The number of nitrogens with one attached hydrogen (secondary N) is 1. The summed E-state index contributed by atoms with van der Waals surface area (Å²) in [5.41, 5.74) is 3.79. The molecule has 3 aromatic rings. The van der Waals surface area contributed by atoms with E-state index >= 15 is 0 Å². The van der Waals surface area contributed by atoms with Crippen LogP contribution in [0.3, 0.4) is 0 Å². The average molecular weight is 414 g/mol. The predicted molar refractivity (Wildman–Crippen MR) is 121 cm³/mol. The van der Waals surface area contributed by atoms with Crippen LogP contribution >= 0.6 is 0 Å². The quantitative estimate of drug-likeness (QED) is 0.578. The number of hydrogen-bond donors (Lipinski definition) is 1. The lowest BCUT2D eigenvalue weighted by atomic mass is 10.1. The van der Waals surface area contributed by atoms with Gasteiger partial charge in [0.25, 0.3) is 0 Å². The molecule has 5 heteroatoms. The molecule has 1 saturated carbocycles. The van der Waals surface area contributed by atoms with E-state index in [-0.39, 0.29) is 24.2 Å². The largest absolute Gasteiger partial charge is 0.355 e. The van der Waals surface area contributed by atoms with E-state index in [0.29, 0.717) is 19.5 Å². The summed E-state index contributed by atoms with van der Waals surface area (Å²) in [6.45, 7) is 1.09. The van der Waals surface area contributed by atoms with Gasteiger partial charge in [-0.2, -0.15) is 0 Å². The first-order chi connectivity index (χ1) is 15.2. The molecule has 0 spiro atoms. The van der Waals surface area contributed by atoms with Crippen molar-refractivity contribution in [3.8, 4) is 0 Å². The minimum absolute atomic E-state index is 0.0313. The molecule has 1 heterocycles. The number of nitrogens with zero attached hydrogens (tertiary/aromatic N) is 2. The van der Waals surface area contributed by atoms with Crippen LogP contribution in [-0.4, -0.2) is 23.3 Å². The van der Waals surface area contributed by atoms with Crippen molar-refractivity contribution in [1.82, 2.24) is 10.3 Å². The lowest BCUT2D eigenvalue weighted by Gasteiger charge is -2.24. The molecule has 0 bridgehead atoms. The van der Waals surface area contributed by atoms with Gasteiger partial charge in [0.15, 0.2) is 0 Å². The van der Waals surface area contributed by atoms with Gasteiger partial charge in [0.05, 0.1) is 13.0 Å². The minimum Gasteiger partial charge on any atom is -0.355 e. The first kappa shape index (κ1) is 20.8. The third-order valence-corrected chi connectivity index (χ3v) is 5.39. The Bertz CT molecular complexity index is 1020. The Labute approximate surface area is 183 Å². The van der Waals surface area contributed by atoms with Crippen LogP contribution in [0.1, 0.15) is 29.7 Å². The van der Waals surface area contributed by atoms with Crippen molar-refractivity contribution >= 4 is 17.5 Å². The zero-order valence-corrected chi connectivity index (χ0v) is 17.5. The van der Waals surface area contributed by atoms with Crippen LogP contribution in [0.5, 0.6) is 0 Å². The van der Waals surface area contributed by atoms with Gasteiger partial charge in [0, 0.05) is 36.5 Å². The Balaban J connectivity index is 1.40. The predicted octanol–water partition coefficient (Wildman–Crippen LogP) is 3.93. The van der Waals surface area contributed by atoms with Crippen molar-refractivity contribution in [2.75, 3.05) is 11.4 Å². The van der Waals surface area contributed by atoms with Crippen LogP contribution in [0.25, 0.3) is 0 Å². The van der Waals surface area contributed by atoms with Crippen LogP contribution in [0, 0.1) is 5.92 Å². The molecular weight excluding hydrogens is 386 g/mol. The first-order valence-electron chi connectivity index (χ1n) is 10.8. The Morgan fingerprint density at radius 2 is 1.71 bits per heavy atom. The molecule has 1 N–H and O–H groups in total. The molecule has 1 aliphatic rings. The molecule has 4 rings (SSSR count). The second-order valence-corrected chi connectivity index (χ2v) is 7.95. The lowest BCUT2D eigenvalue weighted by Crippen LogP contribution is -2.32. The van der Waals surface area contributed by atoms with Gasteiger partial charge < -0.3 is 10.2 Å². The summed E-state index contributed by atoms with van der Waals surface area (Å²) in [7, 11) is 0. The maximum Gasteiger partial charge on any atom is 0.230 e. The molecule has 1 fully saturated rings. The number of carbonyl (C=O) groups excluding carboxylic acids is 2. The van der Waals surface area contributed by atoms with Gasteiger partial charge in [0.1, 0.15) is 0 Å². The standard InChI is InChI=1S/C26H27N3O2/c30-25(28-16-14-23-10-4-5-15-27-23)18-21-9-6-11-24(17-21)29(26(31)22-12-13-22)19-20-7-2-1-3-8-20/h1-11,15,17,22H,12-14,16,18-19H2,(H,28,30). The number of aromatic nitrogens is 1. The molecule has 0 atom stereocenters. The van der Waals surface area contributed by atoms with Crippen molar-refractivity contribution in [2.45, 2.75) is 32.2 Å². The summed E-state index contributed by atoms with van der Waals surface area (Å²) in [5, 5.41) is 2.96. The molecule has 0 aliphatic heterocycles. The molecule has 0 saturated heterocycles. The summed E-state index contributed by atoms with van der Waals surface area (Å²) >= 11 is 0. The molecule has 2 aromatic carbocycles. The topological polar surface area (TPSA) is 62.3 Å². The van der Waals surface area contributed by atoms with Gasteiger partial charge in [-0.25, -0.2) is 0 Å². The second kappa shape index (κ2) is 10.0. The molecule has 0 radical (unpaired) electrons. The molecule has 2 amide bonds. The van der Waals surface area contributed by atoms with E-state index < -0.39 is 0 Å². The zero-order valence-electron chi connectivity index (χ0n) is 17.5. The van der Waals surface area contributed by atoms with Gasteiger partial charge in [-0.1, -0.05) is 48.5 Å². The number of carbonyl (C=O) groups is 2.